The lowest BCUT2D eigenvalue weighted by Gasteiger charge is -2.41. The number of aromatic nitrogens is 1. The zero-order chi connectivity index (χ0) is 33.2. The number of carbonyl (C=O) groups excluding carboxylic acids is 2. The molecule has 0 saturated carbocycles. The minimum Gasteiger partial charge on any atom is -0.391 e. The van der Waals surface area contributed by atoms with E-state index in [2.05, 4.69) is 80.6 Å². The van der Waals surface area contributed by atoms with Crippen molar-refractivity contribution in [2.45, 2.75) is 117 Å². The van der Waals surface area contributed by atoms with Crippen molar-refractivity contribution in [3.05, 3.63) is 45.8 Å². The number of aliphatic hydroxyl groups excluding tert-OH is 1. The van der Waals surface area contributed by atoms with Gasteiger partial charge in [-0.25, -0.2) is 0 Å². The van der Waals surface area contributed by atoms with Gasteiger partial charge in [0, 0.05) is 47.4 Å². The summed E-state index contributed by atoms with van der Waals surface area (Å²) in [5, 5.41) is 11.3. The predicted molar refractivity (Wildman–Crippen MR) is 191 cm³/mol. The molecule has 7 nitrogen and oxygen atoms in total. The molecule has 0 radical (unpaired) electrons. The van der Waals surface area contributed by atoms with Gasteiger partial charge in [0.25, 0.3) is 0 Å². The van der Waals surface area contributed by atoms with E-state index in [0.29, 0.717) is 43.4 Å². The molecule has 4 saturated heterocycles. The minimum absolute atomic E-state index is 0.201. The summed E-state index contributed by atoms with van der Waals surface area (Å²) in [5.74, 6) is 0.846. The van der Waals surface area contributed by atoms with Crippen molar-refractivity contribution in [1.29, 1.82) is 0 Å². The number of fused-ring (bicyclic) bond motifs is 3. The number of piperidine rings is 1. The third-order valence-electron chi connectivity index (χ3n) is 12.2. The molecule has 1 atom stereocenters. The fourth-order valence-electron chi connectivity index (χ4n) is 9.29. The highest BCUT2D eigenvalue weighted by Crippen LogP contribution is 2.45. The van der Waals surface area contributed by atoms with Gasteiger partial charge < -0.3 is 24.8 Å². The number of amides is 2. The van der Waals surface area contributed by atoms with E-state index >= 15 is 0 Å². The molecule has 4 fully saturated rings. The maximum Gasteiger partial charge on any atom is 0.233 e. The Balaban J connectivity index is 1.10. The first kappa shape index (κ1) is 32.8. The van der Waals surface area contributed by atoms with Crippen LogP contribution in [0.1, 0.15) is 94.2 Å². The van der Waals surface area contributed by atoms with Crippen LogP contribution in [-0.4, -0.2) is 87.5 Å². The second-order valence-corrected chi connectivity index (χ2v) is 17.3. The van der Waals surface area contributed by atoms with Gasteiger partial charge in [0.2, 0.25) is 11.8 Å². The van der Waals surface area contributed by atoms with Crippen molar-refractivity contribution >= 4 is 33.4 Å². The number of nitrogens with one attached hydrogen (secondary N) is 1. The Hall–Kier alpha value is -2.68. The molecule has 2 amide bonds. The van der Waals surface area contributed by atoms with Crippen LogP contribution in [0.2, 0.25) is 0 Å². The maximum atomic E-state index is 14.0. The first-order chi connectivity index (χ1) is 22.3. The van der Waals surface area contributed by atoms with Crippen molar-refractivity contribution in [2.75, 3.05) is 32.7 Å². The number of aliphatic hydroxyl groups is 1. The van der Waals surface area contributed by atoms with Crippen molar-refractivity contribution in [1.82, 2.24) is 19.7 Å². The Kier molecular flexibility index (Phi) is 8.62. The lowest BCUT2D eigenvalue weighted by Crippen LogP contribution is -2.47. The molecule has 47 heavy (non-hydrogen) atoms. The van der Waals surface area contributed by atoms with E-state index in [0.717, 1.165) is 69.5 Å². The van der Waals surface area contributed by atoms with Crippen molar-refractivity contribution in [3.8, 4) is 11.3 Å². The first-order valence-electron chi connectivity index (χ1n) is 18.1. The molecule has 0 spiro atoms. The number of β-amino-alcohol motifs (C(OH)–C–C–N with tert-alkyl or cyclic N) is 1. The van der Waals surface area contributed by atoms with Gasteiger partial charge in [-0.15, -0.1) is 11.3 Å². The molecule has 2 aromatic heterocycles. The smallest absolute Gasteiger partial charge is 0.233 e. The molecule has 3 aromatic rings. The van der Waals surface area contributed by atoms with Crippen molar-refractivity contribution in [3.63, 3.8) is 0 Å². The largest absolute Gasteiger partial charge is 0.391 e. The molecule has 2 N–H and O–H groups in total. The number of hydrogen-bond acceptors (Lipinski definition) is 5. The topological polar surface area (TPSA) is 79.9 Å². The zero-order valence-electron chi connectivity index (χ0n) is 29.3. The highest BCUT2D eigenvalue weighted by Gasteiger charge is 2.47. The minimum atomic E-state index is -0.549. The molecule has 1 aromatic carbocycles. The number of thiophene rings is 1. The Morgan fingerprint density at radius 2 is 1.51 bits per heavy atom. The van der Waals surface area contributed by atoms with Gasteiger partial charge in [-0.2, -0.15) is 0 Å². The highest BCUT2D eigenvalue weighted by atomic mass is 32.1. The van der Waals surface area contributed by atoms with Gasteiger partial charge in [0.05, 0.1) is 17.2 Å². The Bertz CT molecular complexity index is 1620. The van der Waals surface area contributed by atoms with Gasteiger partial charge in [-0.05, 0) is 127 Å². The van der Waals surface area contributed by atoms with E-state index in [4.69, 9.17) is 0 Å². The van der Waals surface area contributed by atoms with Gasteiger partial charge >= 0.3 is 0 Å². The predicted octanol–water partition coefficient (Wildman–Crippen LogP) is 6.82. The lowest BCUT2D eigenvalue weighted by atomic mass is 9.72. The normalized spacial score (nSPS) is 24.3. The van der Waals surface area contributed by atoms with Gasteiger partial charge in [-0.3, -0.25) is 9.59 Å². The molecule has 4 aliphatic rings. The molecule has 4 aliphatic heterocycles. The number of carbonyl (C=O) groups is 2. The zero-order valence-corrected chi connectivity index (χ0v) is 30.1. The average molecular weight is 659 g/mol. The molecule has 1 unspecified atom stereocenters. The number of nitrogens with zero attached hydrogens (tertiary/aromatic N) is 3. The van der Waals surface area contributed by atoms with Gasteiger partial charge in [0.15, 0.2) is 0 Å². The summed E-state index contributed by atoms with van der Waals surface area (Å²) in [7, 11) is 0. The second kappa shape index (κ2) is 12.3. The van der Waals surface area contributed by atoms with Crippen molar-refractivity contribution in [2.24, 2.45) is 11.3 Å². The lowest BCUT2D eigenvalue weighted by molar-refractivity contribution is -0.143. The van der Waals surface area contributed by atoms with Crippen LogP contribution in [0.3, 0.4) is 0 Å². The average Bonchev–Trinajstić information content (AvgIpc) is 3.86. The Morgan fingerprint density at radius 3 is 2.11 bits per heavy atom. The van der Waals surface area contributed by atoms with E-state index < -0.39 is 10.8 Å². The number of likely N-dealkylation sites (tertiary alicyclic amines) is 2. The summed E-state index contributed by atoms with van der Waals surface area (Å²) in [4.78, 5) is 40.3. The van der Waals surface area contributed by atoms with Crippen LogP contribution in [0.15, 0.2) is 24.3 Å². The van der Waals surface area contributed by atoms with Gasteiger partial charge in [-0.1, -0.05) is 31.0 Å². The van der Waals surface area contributed by atoms with E-state index in [1.54, 1.807) is 11.3 Å². The SMILES string of the molecule is Cc1cc(C)cc(-c2[nH]c3sc(C(C)(C)C(=O)N4C5CCC4CC5)cc3c2CCN2CCC(C(C)(C)C(=O)N3CCC(O)C3)CC2)c1. The van der Waals surface area contributed by atoms with E-state index in [9.17, 15) is 14.7 Å². The summed E-state index contributed by atoms with van der Waals surface area (Å²) < 4.78 is 0. The molecular formula is C39H54N4O3S. The second-order valence-electron chi connectivity index (χ2n) is 16.3. The van der Waals surface area contributed by atoms with Crippen LogP contribution >= 0.6 is 11.3 Å². The number of aromatic amines is 1. The molecule has 2 bridgehead atoms. The Morgan fingerprint density at radius 1 is 0.872 bits per heavy atom. The number of rotatable bonds is 8. The molecule has 254 valence electrons. The fraction of sp³-hybridized carbons (Fsp3) is 0.641. The van der Waals surface area contributed by atoms with E-state index in [1.165, 1.54) is 38.2 Å². The van der Waals surface area contributed by atoms with Crippen LogP contribution in [0.25, 0.3) is 21.5 Å². The maximum absolute atomic E-state index is 14.0. The van der Waals surface area contributed by atoms with Gasteiger partial charge in [0.1, 0.15) is 4.83 Å². The van der Waals surface area contributed by atoms with Crippen LogP contribution in [0, 0.1) is 25.2 Å². The molecule has 8 heteroatoms. The molecule has 0 aliphatic carbocycles. The van der Waals surface area contributed by atoms with Crippen LogP contribution in [-0.2, 0) is 21.4 Å². The summed E-state index contributed by atoms with van der Waals surface area (Å²) >= 11 is 1.76. The summed E-state index contributed by atoms with van der Waals surface area (Å²) in [6, 6.07) is 9.99. The molecular weight excluding hydrogens is 605 g/mol. The van der Waals surface area contributed by atoms with Crippen molar-refractivity contribution < 1.29 is 14.7 Å². The summed E-state index contributed by atoms with van der Waals surface area (Å²) in [6.45, 7) is 16.9. The molecule has 7 rings (SSSR count). The first-order valence-corrected chi connectivity index (χ1v) is 18.9. The quantitative estimate of drug-likeness (QED) is 0.279. The standard InChI is InChI=1S/C39H54N4O3S/c1-24-19-25(2)21-26(20-24)34-31(14-17-41-15-11-27(12-16-41)38(3,4)36(45)42-18-13-30(44)23-42)32-22-33(47-35(32)40-34)39(5,6)37(46)43-28-7-8-29(43)10-9-28/h19-22,27-30,40,44H,7-18,23H2,1-6H3. The van der Waals surface area contributed by atoms with Crippen LogP contribution in [0.4, 0.5) is 0 Å². The summed E-state index contributed by atoms with van der Waals surface area (Å²) in [6.07, 6.45) is 7.92. The van der Waals surface area contributed by atoms with E-state index in [1.807, 2.05) is 4.90 Å². The third-order valence-corrected chi connectivity index (χ3v) is 13.6. The van der Waals surface area contributed by atoms with Crippen LogP contribution in [0.5, 0.6) is 0 Å². The highest BCUT2D eigenvalue weighted by molar-refractivity contribution is 7.19. The summed E-state index contributed by atoms with van der Waals surface area (Å²) in [5.41, 5.74) is 5.36. The van der Waals surface area contributed by atoms with Crippen LogP contribution < -0.4 is 0 Å². The molecule has 6 heterocycles. The monoisotopic (exact) mass is 658 g/mol. The number of hydrogen-bond donors (Lipinski definition) is 2. The third kappa shape index (κ3) is 5.97. The Labute approximate surface area is 284 Å². The number of H-pyrrole nitrogens is 1. The number of benzene rings is 1. The van der Waals surface area contributed by atoms with E-state index in [-0.39, 0.29) is 12.0 Å². The number of aryl methyl sites for hydroxylation is 2. The fourth-order valence-corrected chi connectivity index (χ4v) is 10.5.